The van der Waals surface area contributed by atoms with Crippen LogP contribution in [0.4, 0.5) is 32.0 Å². The monoisotopic (exact) mass is 532 g/mol. The number of carbonyl (C=O) groups is 1. The van der Waals surface area contributed by atoms with Crippen LogP contribution in [-0.4, -0.2) is 49.4 Å². The summed E-state index contributed by atoms with van der Waals surface area (Å²) in [4.78, 5) is 16.0. The first-order valence-electron chi connectivity index (χ1n) is 12.8. The summed E-state index contributed by atoms with van der Waals surface area (Å²) < 4.78 is 79.1. The van der Waals surface area contributed by atoms with Gasteiger partial charge in [-0.15, -0.1) is 0 Å². The van der Waals surface area contributed by atoms with Crippen molar-refractivity contribution in [3.63, 3.8) is 0 Å². The molecule has 0 amide bonds. The second-order valence-corrected chi connectivity index (χ2v) is 10.2. The number of nitriles is 1. The molecule has 1 unspecified atom stereocenters. The highest BCUT2D eigenvalue weighted by Gasteiger charge is 2.37. The van der Waals surface area contributed by atoms with Crippen molar-refractivity contribution in [2.75, 3.05) is 37.6 Å². The minimum absolute atomic E-state index is 0.0275. The fraction of sp³-hybridized carbons (Fsp3) is 0.692. The molecule has 2 fully saturated rings. The quantitative estimate of drug-likeness (QED) is 0.330. The average Bonchev–Trinajstić information content (AvgIpc) is 2.86. The normalized spacial score (nSPS) is 22.5. The summed E-state index contributed by atoms with van der Waals surface area (Å²) in [6.07, 6.45) is -3.77. The number of rotatable bonds is 9. The van der Waals surface area contributed by atoms with Gasteiger partial charge in [0.25, 0.3) is 0 Å². The molecule has 5 nitrogen and oxygen atoms in total. The second kappa shape index (κ2) is 12.5. The number of hydrogen-bond donors (Lipinski definition) is 1. The number of halogens is 6. The maximum Gasteiger partial charge on any atom is 0.416 e. The molecule has 1 saturated carbocycles. The van der Waals surface area contributed by atoms with Gasteiger partial charge >= 0.3 is 12.4 Å². The van der Waals surface area contributed by atoms with E-state index in [1.807, 2.05) is 6.07 Å². The van der Waals surface area contributed by atoms with E-state index >= 15 is 0 Å². The lowest BCUT2D eigenvalue weighted by molar-refractivity contribution is -0.143. The molecule has 0 aromatic heterocycles. The molecule has 1 aromatic rings. The van der Waals surface area contributed by atoms with E-state index in [1.54, 1.807) is 4.90 Å². The summed E-state index contributed by atoms with van der Waals surface area (Å²) in [7, 11) is 0. The van der Waals surface area contributed by atoms with E-state index in [2.05, 4.69) is 4.90 Å². The highest BCUT2D eigenvalue weighted by atomic mass is 19.4. The van der Waals surface area contributed by atoms with Gasteiger partial charge in [-0.05, 0) is 62.3 Å². The first kappa shape index (κ1) is 29.2. The predicted molar refractivity (Wildman–Crippen MR) is 128 cm³/mol. The van der Waals surface area contributed by atoms with Crippen LogP contribution >= 0.6 is 0 Å². The highest BCUT2D eigenvalue weighted by Crippen LogP contribution is 2.39. The first-order chi connectivity index (χ1) is 17.4. The Balaban J connectivity index is 1.45. The van der Waals surface area contributed by atoms with Gasteiger partial charge in [0.15, 0.2) is 0 Å². The Morgan fingerprint density at radius 1 is 0.973 bits per heavy atom. The number of piperazine rings is 1. The molecule has 1 aromatic carbocycles. The number of carbonyl (C=O) groups excluding carboxylic acids is 1. The van der Waals surface area contributed by atoms with Gasteiger partial charge in [0.05, 0.1) is 23.2 Å². The minimum atomic E-state index is -4.86. The summed E-state index contributed by atoms with van der Waals surface area (Å²) in [5, 5.41) is 8.61. The van der Waals surface area contributed by atoms with Gasteiger partial charge < -0.3 is 10.6 Å². The molecule has 1 aliphatic carbocycles. The zero-order chi connectivity index (χ0) is 27.2. The molecule has 0 spiro atoms. The summed E-state index contributed by atoms with van der Waals surface area (Å²) in [5.74, 6) is 0.705. The van der Waals surface area contributed by atoms with E-state index in [1.165, 1.54) is 0 Å². The molecule has 1 saturated heterocycles. The molecule has 0 radical (unpaired) electrons. The molecule has 0 bridgehead atoms. The Hall–Kier alpha value is -2.32. The third kappa shape index (κ3) is 8.34. The number of anilines is 1. The number of nitrogens with two attached hydrogens (primary N) is 1. The summed E-state index contributed by atoms with van der Waals surface area (Å²) in [5.41, 5.74) is 3.53. The third-order valence-electron chi connectivity index (χ3n) is 7.65. The number of Topliss-reactive ketones (excluding diaryl/α,β-unsaturated/α-hetero) is 1. The molecule has 2 aliphatic rings. The minimum Gasteiger partial charge on any atom is -0.369 e. The maximum atomic E-state index is 13.2. The lowest BCUT2D eigenvalue weighted by Crippen LogP contribution is -2.47. The van der Waals surface area contributed by atoms with Gasteiger partial charge in [0.2, 0.25) is 0 Å². The molecule has 2 N–H and O–H groups in total. The Labute approximate surface area is 213 Å². The molecule has 206 valence electrons. The van der Waals surface area contributed by atoms with Crippen molar-refractivity contribution in [1.29, 1.82) is 5.26 Å². The topological polar surface area (TPSA) is 73.4 Å². The van der Waals surface area contributed by atoms with Gasteiger partial charge in [-0.2, -0.15) is 31.6 Å². The Kier molecular flexibility index (Phi) is 9.86. The molecular formula is C26H34F6N4O. The van der Waals surface area contributed by atoms with Crippen molar-refractivity contribution in [2.45, 2.75) is 69.8 Å². The fourth-order valence-electron chi connectivity index (χ4n) is 5.32. The summed E-state index contributed by atoms with van der Waals surface area (Å²) in [6, 6.07) is 3.31. The number of ketones is 1. The average molecular weight is 533 g/mol. The van der Waals surface area contributed by atoms with E-state index in [9.17, 15) is 31.1 Å². The lowest BCUT2D eigenvalue weighted by Gasteiger charge is -2.38. The van der Waals surface area contributed by atoms with Crippen LogP contribution in [0.3, 0.4) is 0 Å². The molecule has 1 aliphatic heterocycles. The zero-order valence-corrected chi connectivity index (χ0v) is 20.8. The van der Waals surface area contributed by atoms with Crippen LogP contribution in [0, 0.1) is 23.2 Å². The van der Waals surface area contributed by atoms with Crippen molar-refractivity contribution >= 4 is 11.5 Å². The number of unbranched alkanes of at least 4 members (excludes halogenated alkanes) is 1. The van der Waals surface area contributed by atoms with Crippen LogP contribution in [0.5, 0.6) is 0 Å². The van der Waals surface area contributed by atoms with Crippen LogP contribution < -0.4 is 10.6 Å². The molecule has 3 rings (SSSR count). The van der Waals surface area contributed by atoms with Crippen LogP contribution in [0.2, 0.25) is 0 Å². The summed E-state index contributed by atoms with van der Waals surface area (Å²) >= 11 is 0. The number of hydrogen-bond acceptors (Lipinski definition) is 5. The summed E-state index contributed by atoms with van der Waals surface area (Å²) in [6.45, 7) is 2.66. The van der Waals surface area contributed by atoms with E-state index in [4.69, 9.17) is 11.0 Å². The highest BCUT2D eigenvalue weighted by molar-refractivity contribution is 5.84. The third-order valence-corrected chi connectivity index (χ3v) is 7.65. The van der Waals surface area contributed by atoms with Crippen LogP contribution in [-0.2, 0) is 17.1 Å². The second-order valence-electron chi connectivity index (χ2n) is 10.2. The van der Waals surface area contributed by atoms with Gasteiger partial charge in [-0.1, -0.05) is 12.8 Å². The van der Waals surface area contributed by atoms with Gasteiger partial charge in [0, 0.05) is 44.7 Å². The first-order valence-corrected chi connectivity index (χ1v) is 12.8. The maximum absolute atomic E-state index is 13.2. The van der Waals surface area contributed by atoms with Crippen molar-refractivity contribution in [1.82, 2.24) is 4.90 Å². The molecule has 1 heterocycles. The largest absolute Gasteiger partial charge is 0.416 e. The SMILES string of the molecule is N#CCCCC(=O)C(N)C1CCC(CCN2CCN(c3cc(C(F)(F)F)cc(C(F)(F)F)c3)CC2)CC1. The van der Waals surface area contributed by atoms with Crippen LogP contribution in [0.15, 0.2) is 18.2 Å². The van der Waals surface area contributed by atoms with E-state index in [-0.39, 0.29) is 23.5 Å². The Bertz CT molecular complexity index is 910. The fourth-order valence-corrected chi connectivity index (χ4v) is 5.32. The number of benzene rings is 1. The van der Waals surface area contributed by atoms with E-state index in [0.717, 1.165) is 50.8 Å². The van der Waals surface area contributed by atoms with Crippen molar-refractivity contribution < 1.29 is 31.1 Å². The Morgan fingerprint density at radius 3 is 2.05 bits per heavy atom. The predicted octanol–water partition coefficient (Wildman–Crippen LogP) is 5.63. The zero-order valence-electron chi connectivity index (χ0n) is 20.8. The van der Waals surface area contributed by atoms with Crippen LogP contribution in [0.1, 0.15) is 62.5 Å². The number of nitrogens with zero attached hydrogens (tertiary/aromatic N) is 3. The van der Waals surface area contributed by atoms with Crippen molar-refractivity contribution in [2.24, 2.45) is 17.6 Å². The van der Waals surface area contributed by atoms with Gasteiger partial charge in [-0.25, -0.2) is 0 Å². The standard InChI is InChI=1S/C26H34F6N4O/c27-25(28,29)20-15-21(26(30,31)32)17-22(16-20)36-13-11-35(12-14-36)10-8-18-4-6-19(7-5-18)24(34)23(37)3-1-2-9-33/h15-19,24H,1-8,10-14,34H2. The van der Waals surface area contributed by atoms with Gasteiger partial charge in [-0.3, -0.25) is 9.69 Å². The molecular weight excluding hydrogens is 498 g/mol. The smallest absolute Gasteiger partial charge is 0.369 e. The van der Waals surface area contributed by atoms with Gasteiger partial charge in [0.1, 0.15) is 5.78 Å². The lowest BCUT2D eigenvalue weighted by atomic mass is 9.76. The van der Waals surface area contributed by atoms with E-state index < -0.39 is 29.5 Å². The molecule has 37 heavy (non-hydrogen) atoms. The molecule has 1 atom stereocenters. The molecule has 11 heteroatoms. The number of alkyl halides is 6. The van der Waals surface area contributed by atoms with Crippen LogP contribution in [0.25, 0.3) is 0 Å². The van der Waals surface area contributed by atoms with Crippen molar-refractivity contribution in [3.05, 3.63) is 29.3 Å². The van der Waals surface area contributed by atoms with E-state index in [0.29, 0.717) is 51.4 Å². The Morgan fingerprint density at radius 2 is 1.54 bits per heavy atom. The van der Waals surface area contributed by atoms with Crippen molar-refractivity contribution in [3.8, 4) is 6.07 Å².